The molecule has 3 aromatic carbocycles. The number of para-hydroxylation sites is 2. The minimum atomic E-state index is -0.363. The van der Waals surface area contributed by atoms with Crippen molar-refractivity contribution in [2.24, 2.45) is 0 Å². The average Bonchev–Trinajstić information content (AvgIpc) is 2.87. The first-order valence-corrected chi connectivity index (χ1v) is 10.9. The van der Waals surface area contributed by atoms with E-state index in [0.717, 1.165) is 11.1 Å². The number of benzene rings is 3. The van der Waals surface area contributed by atoms with Crippen LogP contribution in [0.3, 0.4) is 0 Å². The van der Waals surface area contributed by atoms with Crippen LogP contribution in [-0.2, 0) is 16.0 Å². The summed E-state index contributed by atoms with van der Waals surface area (Å²) in [5.74, 6) is 1.37. The van der Waals surface area contributed by atoms with Gasteiger partial charge in [-0.15, -0.1) is 0 Å². The van der Waals surface area contributed by atoms with Crippen molar-refractivity contribution in [3.05, 3.63) is 89.7 Å². The van der Waals surface area contributed by atoms with Crippen LogP contribution >= 0.6 is 0 Å². The molecule has 0 bridgehead atoms. The van der Waals surface area contributed by atoms with Crippen molar-refractivity contribution in [3.8, 4) is 17.2 Å². The lowest BCUT2D eigenvalue weighted by atomic mass is 10.1. The SMILES string of the molecule is COc1ccc(CCNC(=O)CN2C(=O)C(=Cc3ccccc3)Oc3ccccc32)cc1OC. The molecule has 1 aliphatic rings. The van der Waals surface area contributed by atoms with Gasteiger partial charge in [0.2, 0.25) is 5.91 Å². The first-order chi connectivity index (χ1) is 16.6. The zero-order valence-electron chi connectivity index (χ0n) is 19.1. The predicted molar refractivity (Wildman–Crippen MR) is 130 cm³/mol. The fourth-order valence-electron chi connectivity index (χ4n) is 3.70. The van der Waals surface area contributed by atoms with Crippen LogP contribution in [0.5, 0.6) is 17.2 Å². The van der Waals surface area contributed by atoms with Gasteiger partial charge in [0, 0.05) is 6.54 Å². The van der Waals surface area contributed by atoms with Crippen molar-refractivity contribution in [2.45, 2.75) is 6.42 Å². The van der Waals surface area contributed by atoms with Gasteiger partial charge in [0.05, 0.1) is 19.9 Å². The van der Waals surface area contributed by atoms with E-state index in [1.165, 1.54) is 4.90 Å². The summed E-state index contributed by atoms with van der Waals surface area (Å²) in [4.78, 5) is 27.4. The molecule has 0 spiro atoms. The molecular weight excluding hydrogens is 432 g/mol. The molecule has 0 atom stereocenters. The summed E-state index contributed by atoms with van der Waals surface area (Å²) in [5.41, 5.74) is 2.40. The van der Waals surface area contributed by atoms with Gasteiger partial charge < -0.3 is 19.5 Å². The van der Waals surface area contributed by atoms with E-state index in [-0.39, 0.29) is 24.1 Å². The number of ether oxygens (including phenoxy) is 3. The van der Waals surface area contributed by atoms with Crippen LogP contribution in [-0.4, -0.2) is 39.1 Å². The summed E-state index contributed by atoms with van der Waals surface area (Å²) in [6.07, 6.45) is 2.29. The molecule has 0 saturated heterocycles. The van der Waals surface area contributed by atoms with Crippen LogP contribution in [0, 0.1) is 0 Å². The lowest BCUT2D eigenvalue weighted by Gasteiger charge is -2.30. The summed E-state index contributed by atoms with van der Waals surface area (Å²) in [6, 6.07) is 22.3. The summed E-state index contributed by atoms with van der Waals surface area (Å²) in [6.45, 7) is 0.304. The van der Waals surface area contributed by atoms with E-state index in [4.69, 9.17) is 14.2 Å². The molecule has 174 valence electrons. The summed E-state index contributed by atoms with van der Waals surface area (Å²) < 4.78 is 16.4. The smallest absolute Gasteiger partial charge is 0.294 e. The number of amides is 2. The predicted octanol–water partition coefficient (Wildman–Crippen LogP) is 3.83. The van der Waals surface area contributed by atoms with Crippen molar-refractivity contribution in [2.75, 3.05) is 32.2 Å². The fraction of sp³-hybridized carbons (Fsp3) is 0.185. The van der Waals surface area contributed by atoms with Crippen LogP contribution in [0.2, 0.25) is 0 Å². The molecule has 34 heavy (non-hydrogen) atoms. The molecular formula is C27H26N2O5. The number of fused-ring (bicyclic) bond motifs is 1. The lowest BCUT2D eigenvalue weighted by Crippen LogP contribution is -2.44. The van der Waals surface area contributed by atoms with Crippen LogP contribution in [0.25, 0.3) is 6.08 Å². The number of hydrogen-bond acceptors (Lipinski definition) is 5. The van der Waals surface area contributed by atoms with Gasteiger partial charge in [0.25, 0.3) is 5.91 Å². The maximum absolute atomic E-state index is 13.2. The number of rotatable bonds is 8. The monoisotopic (exact) mass is 458 g/mol. The number of nitrogens with zero attached hydrogens (tertiary/aromatic N) is 1. The van der Waals surface area contributed by atoms with Gasteiger partial charge in [-0.25, -0.2) is 0 Å². The third-order valence-corrected chi connectivity index (χ3v) is 5.41. The number of carbonyl (C=O) groups is 2. The lowest BCUT2D eigenvalue weighted by molar-refractivity contribution is -0.123. The second-order valence-electron chi connectivity index (χ2n) is 7.67. The topological polar surface area (TPSA) is 77.1 Å². The number of hydrogen-bond donors (Lipinski definition) is 1. The Hall–Kier alpha value is -4.26. The zero-order valence-corrected chi connectivity index (χ0v) is 19.1. The first-order valence-electron chi connectivity index (χ1n) is 10.9. The standard InChI is InChI=1S/C27H26N2O5/c1-32-23-13-12-20(16-24(23)33-2)14-15-28-26(30)18-29-21-10-6-7-11-22(21)34-25(27(29)31)17-19-8-4-3-5-9-19/h3-13,16-17H,14-15,18H2,1-2H3,(H,28,30). The molecule has 7 nitrogen and oxygen atoms in total. The van der Waals surface area contributed by atoms with Crippen LogP contribution in [0.15, 0.2) is 78.6 Å². The molecule has 0 saturated carbocycles. The van der Waals surface area contributed by atoms with Gasteiger partial charge in [-0.05, 0) is 47.9 Å². The van der Waals surface area contributed by atoms with Crippen molar-refractivity contribution in [3.63, 3.8) is 0 Å². The Morgan fingerprint density at radius 3 is 2.47 bits per heavy atom. The van der Waals surface area contributed by atoms with E-state index in [0.29, 0.717) is 35.9 Å². The quantitative estimate of drug-likeness (QED) is 0.519. The van der Waals surface area contributed by atoms with Crippen molar-refractivity contribution in [1.82, 2.24) is 5.32 Å². The third kappa shape index (κ3) is 5.20. The van der Waals surface area contributed by atoms with Crippen LogP contribution in [0.1, 0.15) is 11.1 Å². The molecule has 0 aromatic heterocycles. The molecule has 0 aliphatic carbocycles. The first kappa shape index (κ1) is 22.9. The van der Waals surface area contributed by atoms with E-state index in [1.54, 1.807) is 32.4 Å². The van der Waals surface area contributed by atoms with Crippen LogP contribution in [0.4, 0.5) is 5.69 Å². The molecule has 0 fully saturated rings. The maximum Gasteiger partial charge on any atom is 0.294 e. The van der Waals surface area contributed by atoms with E-state index >= 15 is 0 Å². The maximum atomic E-state index is 13.2. The van der Waals surface area contributed by atoms with E-state index in [9.17, 15) is 9.59 Å². The Balaban J connectivity index is 1.44. The van der Waals surface area contributed by atoms with Crippen LogP contribution < -0.4 is 24.4 Å². The fourth-order valence-corrected chi connectivity index (χ4v) is 3.70. The second-order valence-corrected chi connectivity index (χ2v) is 7.67. The van der Waals surface area contributed by atoms with E-state index in [2.05, 4.69) is 5.32 Å². The van der Waals surface area contributed by atoms with Crippen molar-refractivity contribution in [1.29, 1.82) is 0 Å². The number of nitrogens with one attached hydrogen (secondary N) is 1. The summed E-state index contributed by atoms with van der Waals surface area (Å²) in [5, 5.41) is 2.90. The molecule has 0 radical (unpaired) electrons. The Bertz CT molecular complexity index is 1210. The molecule has 1 N–H and O–H groups in total. The van der Waals surface area contributed by atoms with Gasteiger partial charge in [-0.2, -0.15) is 0 Å². The highest BCUT2D eigenvalue weighted by Crippen LogP contribution is 2.35. The Labute approximate surface area is 198 Å². The summed E-state index contributed by atoms with van der Waals surface area (Å²) >= 11 is 0. The average molecular weight is 459 g/mol. The molecule has 7 heteroatoms. The van der Waals surface area contributed by atoms with Gasteiger partial charge in [-0.3, -0.25) is 14.5 Å². The largest absolute Gasteiger partial charge is 0.493 e. The molecule has 1 aliphatic heterocycles. The Kier molecular flexibility index (Phi) is 7.13. The Morgan fingerprint density at radius 1 is 0.971 bits per heavy atom. The molecule has 1 heterocycles. The number of anilines is 1. The zero-order chi connectivity index (χ0) is 23.9. The minimum Gasteiger partial charge on any atom is -0.493 e. The second kappa shape index (κ2) is 10.6. The highest BCUT2D eigenvalue weighted by Gasteiger charge is 2.31. The van der Waals surface area contributed by atoms with E-state index < -0.39 is 0 Å². The molecule has 4 rings (SSSR count). The van der Waals surface area contributed by atoms with E-state index in [1.807, 2.05) is 60.7 Å². The van der Waals surface area contributed by atoms with Crippen molar-refractivity contribution >= 4 is 23.6 Å². The highest BCUT2D eigenvalue weighted by molar-refractivity contribution is 6.12. The highest BCUT2D eigenvalue weighted by atomic mass is 16.5. The Morgan fingerprint density at radius 2 is 1.71 bits per heavy atom. The normalized spacial score (nSPS) is 13.8. The number of methoxy groups -OCH3 is 2. The summed E-state index contributed by atoms with van der Waals surface area (Å²) in [7, 11) is 3.17. The third-order valence-electron chi connectivity index (χ3n) is 5.41. The van der Waals surface area contributed by atoms with Crippen molar-refractivity contribution < 1.29 is 23.8 Å². The van der Waals surface area contributed by atoms with Gasteiger partial charge >= 0.3 is 0 Å². The van der Waals surface area contributed by atoms with Gasteiger partial charge in [0.1, 0.15) is 6.54 Å². The number of carbonyl (C=O) groups excluding carboxylic acids is 2. The van der Waals surface area contributed by atoms with Gasteiger partial charge in [0.15, 0.2) is 23.0 Å². The van der Waals surface area contributed by atoms with Gasteiger partial charge in [-0.1, -0.05) is 48.5 Å². The minimum absolute atomic E-state index is 0.114. The molecule has 0 unspecified atom stereocenters. The molecule has 3 aromatic rings. The molecule has 2 amide bonds.